The minimum atomic E-state index is -0.167. The summed E-state index contributed by atoms with van der Waals surface area (Å²) in [5.74, 6) is 1.40. The Hall–Kier alpha value is -2.50. The van der Waals surface area contributed by atoms with Crippen molar-refractivity contribution in [3.63, 3.8) is 0 Å². The molecule has 0 atom stereocenters. The normalized spacial score (nSPS) is 14.6. The van der Waals surface area contributed by atoms with Crippen LogP contribution in [0.5, 0.6) is 0 Å². The minimum absolute atomic E-state index is 0.167. The van der Waals surface area contributed by atoms with E-state index in [0.717, 1.165) is 18.9 Å². The minimum Gasteiger partial charge on any atom is -0.357 e. The summed E-state index contributed by atoms with van der Waals surface area (Å²) in [5, 5.41) is 2.82. The number of piperidine rings is 1. The van der Waals surface area contributed by atoms with Crippen LogP contribution in [-0.4, -0.2) is 33.9 Å². The lowest BCUT2D eigenvalue weighted by Gasteiger charge is -2.27. The lowest BCUT2D eigenvalue weighted by atomic mass is 10.1. The van der Waals surface area contributed by atoms with Crippen LogP contribution in [0.25, 0.3) is 0 Å². The number of amides is 1. The average molecular weight is 297 g/mol. The second-order valence-electron chi connectivity index (χ2n) is 5.30. The van der Waals surface area contributed by atoms with Gasteiger partial charge in [0.1, 0.15) is 11.6 Å². The highest BCUT2D eigenvalue weighted by molar-refractivity contribution is 5.93. The van der Waals surface area contributed by atoms with Gasteiger partial charge in [0.2, 0.25) is 0 Å². The maximum atomic E-state index is 12.0. The van der Waals surface area contributed by atoms with Gasteiger partial charge in [0.05, 0.1) is 12.1 Å². The number of carbonyl (C=O) groups excluding carboxylic acids is 1. The van der Waals surface area contributed by atoms with Gasteiger partial charge in [0, 0.05) is 31.7 Å². The van der Waals surface area contributed by atoms with E-state index in [9.17, 15) is 4.79 Å². The molecular weight excluding hydrogens is 278 g/mol. The third-order valence-corrected chi connectivity index (χ3v) is 3.70. The van der Waals surface area contributed by atoms with E-state index in [1.54, 1.807) is 30.7 Å². The monoisotopic (exact) mass is 297 g/mol. The summed E-state index contributed by atoms with van der Waals surface area (Å²) in [6.07, 6.45) is 8.63. The van der Waals surface area contributed by atoms with Crippen molar-refractivity contribution < 1.29 is 4.79 Å². The number of rotatable bonds is 4. The van der Waals surface area contributed by atoms with Gasteiger partial charge in [-0.05, 0) is 37.5 Å². The molecule has 1 aliphatic rings. The molecule has 3 rings (SSSR count). The molecule has 1 saturated heterocycles. The summed E-state index contributed by atoms with van der Waals surface area (Å²) in [5.41, 5.74) is 0.537. The quantitative estimate of drug-likeness (QED) is 0.931. The summed E-state index contributed by atoms with van der Waals surface area (Å²) in [6.45, 7) is 2.40. The van der Waals surface area contributed by atoms with Gasteiger partial charge in [-0.2, -0.15) is 0 Å². The van der Waals surface area contributed by atoms with Crippen molar-refractivity contribution in [3.05, 3.63) is 48.2 Å². The second kappa shape index (κ2) is 6.98. The Balaban J connectivity index is 1.62. The standard InChI is InChI=1S/C16H19N5O/c22-16(13-5-4-7-17-11-13)19-12-14-18-8-6-15(20-14)21-9-2-1-3-10-21/h4-8,11H,1-3,9-10,12H2,(H,19,22). The summed E-state index contributed by atoms with van der Waals surface area (Å²) >= 11 is 0. The second-order valence-corrected chi connectivity index (χ2v) is 5.30. The number of carbonyl (C=O) groups is 1. The zero-order valence-corrected chi connectivity index (χ0v) is 12.4. The van der Waals surface area contributed by atoms with Gasteiger partial charge in [-0.25, -0.2) is 9.97 Å². The SMILES string of the molecule is O=C(NCc1nccc(N2CCCCC2)n1)c1cccnc1. The number of nitrogens with one attached hydrogen (secondary N) is 1. The summed E-state index contributed by atoms with van der Waals surface area (Å²) in [4.78, 5) is 27.0. The van der Waals surface area contributed by atoms with Gasteiger partial charge in [-0.3, -0.25) is 9.78 Å². The highest BCUT2D eigenvalue weighted by atomic mass is 16.1. The predicted octanol–water partition coefficient (Wildman–Crippen LogP) is 1.79. The van der Waals surface area contributed by atoms with Crippen molar-refractivity contribution in [1.82, 2.24) is 20.3 Å². The van der Waals surface area contributed by atoms with Crippen LogP contribution in [0.3, 0.4) is 0 Å². The highest BCUT2D eigenvalue weighted by Crippen LogP contribution is 2.16. The largest absolute Gasteiger partial charge is 0.357 e. The average Bonchev–Trinajstić information content (AvgIpc) is 2.61. The Morgan fingerprint density at radius 3 is 2.82 bits per heavy atom. The molecular formula is C16H19N5O. The van der Waals surface area contributed by atoms with Crippen LogP contribution in [0.2, 0.25) is 0 Å². The molecule has 1 fully saturated rings. The number of hydrogen-bond donors (Lipinski definition) is 1. The van der Waals surface area contributed by atoms with Crippen molar-refractivity contribution in [2.75, 3.05) is 18.0 Å². The molecule has 0 radical (unpaired) electrons. The topological polar surface area (TPSA) is 71.0 Å². The van der Waals surface area contributed by atoms with E-state index in [4.69, 9.17) is 0 Å². The first kappa shape index (κ1) is 14.4. The molecule has 6 heteroatoms. The van der Waals surface area contributed by atoms with Crippen LogP contribution >= 0.6 is 0 Å². The van der Waals surface area contributed by atoms with Crippen LogP contribution in [0.4, 0.5) is 5.82 Å². The molecule has 0 unspecified atom stereocenters. The van der Waals surface area contributed by atoms with E-state index in [1.165, 1.54) is 19.3 Å². The first-order chi connectivity index (χ1) is 10.8. The zero-order chi connectivity index (χ0) is 15.2. The van der Waals surface area contributed by atoms with Gasteiger partial charge in [0.15, 0.2) is 0 Å². The van der Waals surface area contributed by atoms with E-state index in [1.807, 2.05) is 6.07 Å². The lowest BCUT2D eigenvalue weighted by molar-refractivity contribution is 0.0949. The van der Waals surface area contributed by atoms with Crippen molar-refractivity contribution in [2.24, 2.45) is 0 Å². The molecule has 1 N–H and O–H groups in total. The number of anilines is 1. The number of hydrogen-bond acceptors (Lipinski definition) is 5. The van der Waals surface area contributed by atoms with Crippen molar-refractivity contribution in [3.8, 4) is 0 Å². The number of nitrogens with zero attached hydrogens (tertiary/aromatic N) is 4. The van der Waals surface area contributed by atoms with Gasteiger partial charge in [-0.1, -0.05) is 0 Å². The molecule has 0 aromatic carbocycles. The Bertz CT molecular complexity index is 625. The smallest absolute Gasteiger partial charge is 0.253 e. The lowest BCUT2D eigenvalue weighted by Crippen LogP contribution is -2.31. The zero-order valence-electron chi connectivity index (χ0n) is 12.4. The van der Waals surface area contributed by atoms with E-state index < -0.39 is 0 Å². The maximum Gasteiger partial charge on any atom is 0.253 e. The molecule has 2 aromatic heterocycles. The van der Waals surface area contributed by atoms with Gasteiger partial charge < -0.3 is 10.2 Å². The molecule has 6 nitrogen and oxygen atoms in total. The van der Waals surface area contributed by atoms with Crippen molar-refractivity contribution >= 4 is 11.7 Å². The molecule has 3 heterocycles. The molecule has 1 aliphatic heterocycles. The summed E-state index contributed by atoms with van der Waals surface area (Å²) in [6, 6.07) is 5.40. The maximum absolute atomic E-state index is 12.0. The number of pyridine rings is 1. The van der Waals surface area contributed by atoms with Gasteiger partial charge in [-0.15, -0.1) is 0 Å². The van der Waals surface area contributed by atoms with Crippen molar-refractivity contribution in [1.29, 1.82) is 0 Å². The highest BCUT2D eigenvalue weighted by Gasteiger charge is 2.13. The Labute approximate surface area is 129 Å². The van der Waals surface area contributed by atoms with Gasteiger partial charge in [0.25, 0.3) is 5.91 Å². The Morgan fingerprint density at radius 1 is 1.18 bits per heavy atom. The fraction of sp³-hybridized carbons (Fsp3) is 0.375. The van der Waals surface area contributed by atoms with Crippen LogP contribution in [0, 0.1) is 0 Å². The predicted molar refractivity (Wildman–Crippen MR) is 83.5 cm³/mol. The molecule has 2 aromatic rings. The van der Waals surface area contributed by atoms with E-state index in [-0.39, 0.29) is 5.91 Å². The molecule has 1 amide bonds. The summed E-state index contributed by atoms with van der Waals surface area (Å²) in [7, 11) is 0. The fourth-order valence-electron chi connectivity index (χ4n) is 2.53. The Morgan fingerprint density at radius 2 is 2.05 bits per heavy atom. The third-order valence-electron chi connectivity index (χ3n) is 3.70. The van der Waals surface area contributed by atoms with Crippen LogP contribution in [-0.2, 0) is 6.54 Å². The molecule has 0 bridgehead atoms. The first-order valence-corrected chi connectivity index (χ1v) is 7.58. The first-order valence-electron chi connectivity index (χ1n) is 7.58. The third kappa shape index (κ3) is 3.58. The summed E-state index contributed by atoms with van der Waals surface area (Å²) < 4.78 is 0. The van der Waals surface area contributed by atoms with Crippen LogP contribution in [0.1, 0.15) is 35.4 Å². The molecule has 0 aliphatic carbocycles. The van der Waals surface area contributed by atoms with E-state index in [0.29, 0.717) is 17.9 Å². The van der Waals surface area contributed by atoms with Crippen molar-refractivity contribution in [2.45, 2.75) is 25.8 Å². The molecule has 22 heavy (non-hydrogen) atoms. The Kier molecular flexibility index (Phi) is 4.58. The number of aromatic nitrogens is 3. The van der Waals surface area contributed by atoms with Gasteiger partial charge >= 0.3 is 0 Å². The van der Waals surface area contributed by atoms with Crippen LogP contribution in [0.15, 0.2) is 36.8 Å². The van der Waals surface area contributed by atoms with E-state index in [2.05, 4.69) is 25.2 Å². The molecule has 114 valence electrons. The molecule has 0 saturated carbocycles. The van der Waals surface area contributed by atoms with E-state index >= 15 is 0 Å². The fourth-order valence-corrected chi connectivity index (χ4v) is 2.53. The molecule has 0 spiro atoms. The van der Waals surface area contributed by atoms with Crippen LogP contribution < -0.4 is 10.2 Å².